The van der Waals surface area contributed by atoms with Crippen LogP contribution < -0.4 is 0 Å². The largest absolute Gasteiger partial charge is 0.478 e. The molecule has 19 heavy (non-hydrogen) atoms. The molecule has 0 aliphatic heterocycles. The molecule has 100 valence electrons. The molecule has 2 aromatic rings. The summed E-state index contributed by atoms with van der Waals surface area (Å²) in [6, 6.07) is 4.37. The molecule has 0 aliphatic rings. The van der Waals surface area contributed by atoms with Crippen molar-refractivity contribution in [2.75, 3.05) is 6.26 Å². The van der Waals surface area contributed by atoms with E-state index in [4.69, 9.17) is 16.7 Å². The van der Waals surface area contributed by atoms with E-state index in [0.29, 0.717) is 0 Å². The van der Waals surface area contributed by atoms with E-state index in [0.717, 1.165) is 17.1 Å². The quantitative estimate of drug-likeness (QED) is 0.930. The van der Waals surface area contributed by atoms with Gasteiger partial charge in [0.1, 0.15) is 4.90 Å². The molecule has 6 nitrogen and oxygen atoms in total. The molecule has 0 bridgehead atoms. The van der Waals surface area contributed by atoms with Gasteiger partial charge in [-0.25, -0.2) is 17.9 Å². The Hall–Kier alpha value is -1.86. The number of sulfone groups is 1. The number of aromatic nitrogens is 2. The number of carboxylic acids is 1. The first kappa shape index (κ1) is 13.6. The van der Waals surface area contributed by atoms with Crippen LogP contribution in [-0.2, 0) is 9.84 Å². The van der Waals surface area contributed by atoms with Gasteiger partial charge in [0, 0.05) is 12.5 Å². The standard InChI is InChI=1S/C11H9ClN2O4S/c1-19(17,18)7-5-13-14(6-7)10-8(11(15)16)3-2-4-9(10)12/h2-6H,1H3,(H,15,16). The number of benzene rings is 1. The number of rotatable bonds is 3. The van der Waals surface area contributed by atoms with Gasteiger partial charge in [-0.05, 0) is 12.1 Å². The molecular weight excluding hydrogens is 292 g/mol. The highest BCUT2D eigenvalue weighted by atomic mass is 35.5. The lowest BCUT2D eigenvalue weighted by molar-refractivity contribution is 0.0696. The summed E-state index contributed by atoms with van der Waals surface area (Å²) in [5.41, 5.74) is 0.0715. The molecule has 0 amide bonds. The van der Waals surface area contributed by atoms with Crippen molar-refractivity contribution >= 4 is 27.4 Å². The molecule has 1 heterocycles. The molecule has 0 fully saturated rings. The molecule has 0 saturated heterocycles. The number of carbonyl (C=O) groups is 1. The lowest BCUT2D eigenvalue weighted by Gasteiger charge is -2.07. The van der Waals surface area contributed by atoms with Gasteiger partial charge in [-0.2, -0.15) is 5.10 Å². The van der Waals surface area contributed by atoms with Crippen molar-refractivity contribution in [2.24, 2.45) is 0 Å². The predicted molar refractivity (Wildman–Crippen MR) is 68.6 cm³/mol. The van der Waals surface area contributed by atoms with Gasteiger partial charge < -0.3 is 5.11 Å². The van der Waals surface area contributed by atoms with Crippen molar-refractivity contribution in [3.05, 3.63) is 41.2 Å². The number of aromatic carboxylic acids is 1. The fourth-order valence-corrected chi connectivity index (χ4v) is 2.33. The van der Waals surface area contributed by atoms with Crippen LogP contribution in [0.2, 0.25) is 5.02 Å². The van der Waals surface area contributed by atoms with Crippen molar-refractivity contribution in [3.63, 3.8) is 0 Å². The number of carboxylic acid groups (broad SMARTS) is 1. The first-order valence-corrected chi connectivity index (χ1v) is 7.34. The lowest BCUT2D eigenvalue weighted by atomic mass is 10.2. The summed E-state index contributed by atoms with van der Waals surface area (Å²) in [5, 5.41) is 13.1. The monoisotopic (exact) mass is 300 g/mol. The van der Waals surface area contributed by atoms with Crippen molar-refractivity contribution in [2.45, 2.75) is 4.90 Å². The smallest absolute Gasteiger partial charge is 0.337 e. The molecule has 0 spiro atoms. The molecule has 0 unspecified atom stereocenters. The number of nitrogens with zero attached hydrogens (tertiary/aromatic N) is 2. The zero-order valence-electron chi connectivity index (χ0n) is 9.74. The Balaban J connectivity index is 2.66. The molecule has 0 saturated carbocycles. The maximum absolute atomic E-state index is 11.4. The average molecular weight is 301 g/mol. The molecule has 1 aromatic carbocycles. The molecule has 1 aromatic heterocycles. The Morgan fingerprint density at radius 2 is 2.11 bits per heavy atom. The van der Waals surface area contributed by atoms with E-state index in [-0.39, 0.29) is 21.2 Å². The zero-order valence-corrected chi connectivity index (χ0v) is 11.3. The summed E-state index contributed by atoms with van der Waals surface area (Å²) in [7, 11) is -3.41. The van der Waals surface area contributed by atoms with E-state index in [1.165, 1.54) is 24.4 Å². The summed E-state index contributed by atoms with van der Waals surface area (Å²) in [6.45, 7) is 0. The Kier molecular flexibility index (Phi) is 3.34. The van der Waals surface area contributed by atoms with Gasteiger partial charge in [0.15, 0.2) is 9.84 Å². The van der Waals surface area contributed by atoms with Gasteiger partial charge in [-0.15, -0.1) is 0 Å². The van der Waals surface area contributed by atoms with E-state index in [1.807, 2.05) is 0 Å². The Morgan fingerprint density at radius 1 is 1.42 bits per heavy atom. The van der Waals surface area contributed by atoms with Crippen LogP contribution in [0, 0.1) is 0 Å². The third-order valence-corrected chi connectivity index (χ3v) is 3.81. The number of hydrogen-bond acceptors (Lipinski definition) is 4. The van der Waals surface area contributed by atoms with Gasteiger partial charge in [-0.3, -0.25) is 0 Å². The van der Waals surface area contributed by atoms with Crippen LogP contribution in [0.4, 0.5) is 0 Å². The summed E-state index contributed by atoms with van der Waals surface area (Å²) in [4.78, 5) is 11.1. The van der Waals surface area contributed by atoms with Gasteiger partial charge in [-0.1, -0.05) is 17.7 Å². The van der Waals surface area contributed by atoms with Crippen LogP contribution in [-0.4, -0.2) is 35.5 Å². The van der Waals surface area contributed by atoms with Crippen molar-refractivity contribution in [1.82, 2.24) is 9.78 Å². The minimum atomic E-state index is -3.41. The Labute approximate surface area is 114 Å². The van der Waals surface area contributed by atoms with Gasteiger partial charge in [0.2, 0.25) is 0 Å². The molecule has 0 aliphatic carbocycles. The van der Waals surface area contributed by atoms with E-state index < -0.39 is 15.8 Å². The SMILES string of the molecule is CS(=O)(=O)c1cnn(-c2c(Cl)cccc2C(=O)O)c1. The van der Waals surface area contributed by atoms with E-state index in [2.05, 4.69) is 5.10 Å². The predicted octanol–water partition coefficient (Wildman–Crippen LogP) is 1.63. The highest BCUT2D eigenvalue weighted by Crippen LogP contribution is 2.25. The topological polar surface area (TPSA) is 89.3 Å². The summed E-state index contributed by atoms with van der Waals surface area (Å²) >= 11 is 5.96. The minimum Gasteiger partial charge on any atom is -0.478 e. The molecule has 0 radical (unpaired) electrons. The van der Waals surface area contributed by atoms with E-state index in [9.17, 15) is 13.2 Å². The maximum Gasteiger partial charge on any atom is 0.337 e. The van der Waals surface area contributed by atoms with Crippen molar-refractivity contribution in [3.8, 4) is 5.69 Å². The van der Waals surface area contributed by atoms with E-state index in [1.54, 1.807) is 0 Å². The minimum absolute atomic E-state index is 0.0104. The summed E-state index contributed by atoms with van der Waals surface area (Å²) in [5.74, 6) is -1.17. The first-order chi connectivity index (χ1) is 8.80. The molecule has 1 N–H and O–H groups in total. The second-order valence-corrected chi connectivity index (χ2v) is 6.26. The van der Waals surface area contributed by atoms with Crippen LogP contribution in [0.1, 0.15) is 10.4 Å². The summed E-state index contributed by atoms with van der Waals surface area (Å²) in [6.07, 6.45) is 3.41. The lowest BCUT2D eigenvalue weighted by Crippen LogP contribution is -2.06. The fourth-order valence-electron chi connectivity index (χ4n) is 1.54. The van der Waals surface area contributed by atoms with Crippen LogP contribution >= 0.6 is 11.6 Å². The molecule has 8 heteroatoms. The van der Waals surface area contributed by atoms with Crippen molar-refractivity contribution in [1.29, 1.82) is 0 Å². The van der Waals surface area contributed by atoms with Gasteiger partial charge >= 0.3 is 5.97 Å². The van der Waals surface area contributed by atoms with Crippen LogP contribution in [0.15, 0.2) is 35.5 Å². The average Bonchev–Trinajstić information content (AvgIpc) is 2.77. The maximum atomic E-state index is 11.4. The van der Waals surface area contributed by atoms with Crippen LogP contribution in [0.3, 0.4) is 0 Å². The van der Waals surface area contributed by atoms with Gasteiger partial charge in [0.05, 0.1) is 22.5 Å². The van der Waals surface area contributed by atoms with Gasteiger partial charge in [0.25, 0.3) is 0 Å². The second-order valence-electron chi connectivity index (χ2n) is 3.83. The number of para-hydroxylation sites is 1. The zero-order chi connectivity index (χ0) is 14.2. The first-order valence-electron chi connectivity index (χ1n) is 5.07. The number of hydrogen-bond donors (Lipinski definition) is 1. The second kappa shape index (κ2) is 4.67. The Morgan fingerprint density at radius 3 is 2.63 bits per heavy atom. The Bertz CT molecular complexity index is 752. The highest BCUT2D eigenvalue weighted by Gasteiger charge is 2.18. The van der Waals surface area contributed by atoms with E-state index >= 15 is 0 Å². The summed E-state index contributed by atoms with van der Waals surface area (Å²) < 4.78 is 23.9. The van der Waals surface area contributed by atoms with Crippen LogP contribution in [0.25, 0.3) is 5.69 Å². The third-order valence-electron chi connectivity index (χ3n) is 2.43. The molecule has 2 rings (SSSR count). The molecule has 0 atom stereocenters. The van der Waals surface area contributed by atoms with Crippen LogP contribution in [0.5, 0.6) is 0 Å². The fraction of sp³-hybridized carbons (Fsp3) is 0.0909. The normalized spacial score (nSPS) is 11.5. The van der Waals surface area contributed by atoms with Crippen molar-refractivity contribution < 1.29 is 18.3 Å². The highest BCUT2D eigenvalue weighted by molar-refractivity contribution is 7.90. The third kappa shape index (κ3) is 2.61. The molecular formula is C11H9ClN2O4S. The number of halogens is 1.